The lowest BCUT2D eigenvalue weighted by Gasteiger charge is -2.06. The second-order valence-corrected chi connectivity index (χ2v) is 2.11. The van der Waals surface area contributed by atoms with Gasteiger partial charge in [-0.3, -0.25) is 4.79 Å². The summed E-state index contributed by atoms with van der Waals surface area (Å²) in [6.07, 6.45) is -0.223. The molecule has 1 unspecified atom stereocenters. The van der Waals surface area contributed by atoms with Gasteiger partial charge in [0.05, 0.1) is 13.2 Å². The van der Waals surface area contributed by atoms with E-state index in [1.165, 1.54) is 6.92 Å². The maximum Gasteiger partial charge on any atom is 0.332 e. The van der Waals surface area contributed by atoms with E-state index in [2.05, 4.69) is 9.47 Å². The van der Waals surface area contributed by atoms with Crippen LogP contribution in [0.5, 0.6) is 0 Å². The highest BCUT2D eigenvalue weighted by Gasteiger charge is 2.07. The van der Waals surface area contributed by atoms with Crippen LogP contribution in [0.1, 0.15) is 6.92 Å². The molecule has 0 spiro atoms. The molecule has 70 valence electrons. The molecule has 12 heavy (non-hydrogen) atoms. The van der Waals surface area contributed by atoms with Gasteiger partial charge in [-0.1, -0.05) is 0 Å². The highest BCUT2D eigenvalue weighted by atomic mass is 16.6. The minimum Gasteiger partial charge on any atom is -0.453 e. The van der Waals surface area contributed by atoms with Crippen molar-refractivity contribution in [3.63, 3.8) is 0 Å². The fourth-order valence-corrected chi connectivity index (χ4v) is 0.489. The molecule has 0 saturated carbocycles. The average Bonchev–Trinajstić information content (AvgIpc) is 2.05. The summed E-state index contributed by atoms with van der Waals surface area (Å²) in [5.41, 5.74) is 0. The van der Waals surface area contributed by atoms with Crippen LogP contribution < -0.4 is 0 Å². The Labute approximate surface area is 70.3 Å². The summed E-state index contributed by atoms with van der Waals surface area (Å²) in [6, 6.07) is 0. The molecule has 0 fully saturated rings. The van der Waals surface area contributed by atoms with Crippen LogP contribution in [0.15, 0.2) is 0 Å². The molecule has 0 saturated heterocycles. The number of aldehydes is 1. The van der Waals surface area contributed by atoms with Crippen LogP contribution in [0.4, 0.5) is 0 Å². The van der Waals surface area contributed by atoms with Gasteiger partial charge in [-0.15, -0.1) is 0 Å². The molecule has 0 amide bonds. The van der Waals surface area contributed by atoms with Gasteiger partial charge >= 0.3 is 5.97 Å². The second kappa shape index (κ2) is 6.75. The molecule has 0 rings (SSSR count). The maximum atomic E-state index is 10.7. The van der Waals surface area contributed by atoms with Gasteiger partial charge in [0.15, 0.2) is 12.4 Å². The summed E-state index contributed by atoms with van der Waals surface area (Å²) in [5, 5.41) is 8.27. The molecular formula is C7H12O5. The summed E-state index contributed by atoms with van der Waals surface area (Å²) in [6.45, 7) is 1.16. The molecule has 0 bridgehead atoms. The molecule has 5 nitrogen and oxygen atoms in total. The highest BCUT2D eigenvalue weighted by Crippen LogP contribution is 1.87. The van der Waals surface area contributed by atoms with E-state index < -0.39 is 12.1 Å². The molecule has 0 aliphatic heterocycles. The molecule has 5 heteroatoms. The zero-order chi connectivity index (χ0) is 9.40. The van der Waals surface area contributed by atoms with E-state index in [1.54, 1.807) is 0 Å². The fourth-order valence-electron chi connectivity index (χ4n) is 0.489. The zero-order valence-electron chi connectivity index (χ0n) is 6.86. The first kappa shape index (κ1) is 11.1. The predicted molar refractivity (Wildman–Crippen MR) is 39.5 cm³/mol. The standard InChI is InChI=1S/C7H12O5/c1-6(4-9)12-7(10)5-11-3-2-8/h4,6,8H,2-3,5H2,1H3. The third-order valence-corrected chi connectivity index (χ3v) is 0.965. The molecule has 1 N–H and O–H groups in total. The molecule has 0 aliphatic rings. The Balaban J connectivity index is 3.39. The molecule has 0 aromatic rings. The van der Waals surface area contributed by atoms with Crippen LogP contribution in [0.3, 0.4) is 0 Å². The summed E-state index contributed by atoms with van der Waals surface area (Å²) in [7, 11) is 0. The number of carbonyl (C=O) groups excluding carboxylic acids is 2. The lowest BCUT2D eigenvalue weighted by molar-refractivity contribution is -0.155. The van der Waals surface area contributed by atoms with E-state index in [0.29, 0.717) is 6.29 Å². The predicted octanol–water partition coefficient (Wildman–Crippen LogP) is -0.874. The van der Waals surface area contributed by atoms with E-state index >= 15 is 0 Å². The van der Waals surface area contributed by atoms with Crippen molar-refractivity contribution in [2.75, 3.05) is 19.8 Å². The van der Waals surface area contributed by atoms with Crippen LogP contribution in [-0.4, -0.2) is 43.3 Å². The van der Waals surface area contributed by atoms with E-state index in [4.69, 9.17) is 5.11 Å². The van der Waals surface area contributed by atoms with Crippen molar-refractivity contribution in [1.29, 1.82) is 0 Å². The monoisotopic (exact) mass is 176 g/mol. The van der Waals surface area contributed by atoms with Gasteiger partial charge in [-0.05, 0) is 6.92 Å². The third-order valence-electron chi connectivity index (χ3n) is 0.965. The first-order valence-electron chi connectivity index (χ1n) is 3.54. The van der Waals surface area contributed by atoms with Gasteiger partial charge in [-0.25, -0.2) is 4.79 Å². The number of rotatable bonds is 6. The summed E-state index contributed by atoms with van der Waals surface area (Å²) in [5.74, 6) is -0.608. The number of hydrogen-bond acceptors (Lipinski definition) is 5. The van der Waals surface area contributed by atoms with Crippen LogP contribution in [0, 0.1) is 0 Å². The molecular weight excluding hydrogens is 164 g/mol. The third kappa shape index (κ3) is 5.82. The van der Waals surface area contributed by atoms with Crippen LogP contribution >= 0.6 is 0 Å². The number of carbonyl (C=O) groups is 2. The van der Waals surface area contributed by atoms with Crippen molar-refractivity contribution in [3.05, 3.63) is 0 Å². The molecule has 0 heterocycles. The van der Waals surface area contributed by atoms with Crippen molar-refractivity contribution in [3.8, 4) is 0 Å². The van der Waals surface area contributed by atoms with Crippen molar-refractivity contribution in [2.24, 2.45) is 0 Å². The van der Waals surface area contributed by atoms with Crippen LogP contribution in [-0.2, 0) is 19.1 Å². The Bertz CT molecular complexity index is 145. The number of hydrogen-bond donors (Lipinski definition) is 1. The summed E-state index contributed by atoms with van der Waals surface area (Å²) in [4.78, 5) is 20.7. The molecule has 0 aromatic carbocycles. The van der Waals surface area contributed by atoms with Crippen LogP contribution in [0.25, 0.3) is 0 Å². The van der Waals surface area contributed by atoms with E-state index in [1.807, 2.05) is 0 Å². The topological polar surface area (TPSA) is 72.8 Å². The first-order chi connectivity index (χ1) is 5.70. The first-order valence-corrected chi connectivity index (χ1v) is 3.54. The number of ether oxygens (including phenoxy) is 2. The van der Waals surface area contributed by atoms with Crippen molar-refractivity contribution in [2.45, 2.75) is 13.0 Å². The SMILES string of the molecule is CC(C=O)OC(=O)COCCO. The van der Waals surface area contributed by atoms with Crippen molar-refractivity contribution < 1.29 is 24.2 Å². The minimum absolute atomic E-state index is 0.0879. The average molecular weight is 176 g/mol. The lowest BCUT2D eigenvalue weighted by atomic mass is 10.5. The maximum absolute atomic E-state index is 10.7. The Hall–Kier alpha value is -0.940. The Kier molecular flexibility index (Phi) is 6.22. The zero-order valence-corrected chi connectivity index (χ0v) is 6.86. The lowest BCUT2D eigenvalue weighted by Crippen LogP contribution is -2.20. The minimum atomic E-state index is -0.741. The Morgan fingerprint density at radius 1 is 1.67 bits per heavy atom. The Morgan fingerprint density at radius 3 is 2.83 bits per heavy atom. The largest absolute Gasteiger partial charge is 0.453 e. The van der Waals surface area contributed by atoms with Gasteiger partial charge in [0.25, 0.3) is 0 Å². The highest BCUT2D eigenvalue weighted by molar-refractivity contribution is 5.73. The van der Waals surface area contributed by atoms with Gasteiger partial charge in [-0.2, -0.15) is 0 Å². The van der Waals surface area contributed by atoms with Gasteiger partial charge in [0.1, 0.15) is 6.61 Å². The molecule has 1 atom stereocenters. The van der Waals surface area contributed by atoms with Crippen molar-refractivity contribution in [1.82, 2.24) is 0 Å². The fraction of sp³-hybridized carbons (Fsp3) is 0.714. The van der Waals surface area contributed by atoms with Gasteiger partial charge in [0, 0.05) is 0 Å². The molecule has 0 aromatic heterocycles. The molecule has 0 radical (unpaired) electrons. The smallest absolute Gasteiger partial charge is 0.332 e. The van der Waals surface area contributed by atoms with Crippen LogP contribution in [0.2, 0.25) is 0 Å². The summed E-state index contributed by atoms with van der Waals surface area (Å²) >= 11 is 0. The van der Waals surface area contributed by atoms with Gasteiger partial charge in [0.2, 0.25) is 0 Å². The number of aliphatic hydroxyl groups is 1. The number of aliphatic hydroxyl groups excluding tert-OH is 1. The number of esters is 1. The van der Waals surface area contributed by atoms with E-state index in [9.17, 15) is 9.59 Å². The Morgan fingerprint density at radius 2 is 2.33 bits per heavy atom. The normalized spacial score (nSPS) is 12.2. The van der Waals surface area contributed by atoms with Crippen molar-refractivity contribution >= 4 is 12.3 Å². The van der Waals surface area contributed by atoms with E-state index in [-0.39, 0.29) is 19.8 Å². The quantitative estimate of drug-likeness (QED) is 0.323. The second-order valence-electron chi connectivity index (χ2n) is 2.11. The summed E-state index contributed by atoms with van der Waals surface area (Å²) < 4.78 is 9.18. The van der Waals surface area contributed by atoms with E-state index in [0.717, 1.165) is 0 Å². The molecule has 0 aliphatic carbocycles. The van der Waals surface area contributed by atoms with Gasteiger partial charge < -0.3 is 14.6 Å².